The number of ether oxygens (including phenoxy) is 1. The monoisotopic (exact) mass is 365 g/mol. The van der Waals surface area contributed by atoms with Crippen LogP contribution in [0.1, 0.15) is 5.56 Å². The highest BCUT2D eigenvalue weighted by molar-refractivity contribution is 6.70. The number of halogens is 3. The number of rotatable bonds is 6. The summed E-state index contributed by atoms with van der Waals surface area (Å²) in [6.07, 6.45) is 1.32. The molecule has 7 heteroatoms. The Kier molecular flexibility index (Phi) is 5.68. The van der Waals surface area contributed by atoms with Crippen LogP contribution in [-0.2, 0) is 4.43 Å². The molecule has 2 aromatic carbocycles. The number of nitrogens with zero attached hydrogens (tertiary/aromatic N) is 1. The van der Waals surface area contributed by atoms with E-state index >= 15 is 0 Å². The van der Waals surface area contributed by atoms with Gasteiger partial charge in [-0.2, -0.15) is 0 Å². The summed E-state index contributed by atoms with van der Waals surface area (Å²) in [5.41, 5.74) is 0.268. The molecule has 0 aliphatic heterocycles. The van der Waals surface area contributed by atoms with Crippen molar-refractivity contribution in [2.24, 2.45) is 4.99 Å². The minimum Gasteiger partial charge on any atom is -0.532 e. The smallest absolute Gasteiger partial charge is 0.244 e. The maximum Gasteiger partial charge on any atom is 0.244 e. The van der Waals surface area contributed by atoms with Gasteiger partial charge in [0.1, 0.15) is 17.4 Å². The van der Waals surface area contributed by atoms with Crippen molar-refractivity contribution >= 4 is 14.5 Å². The van der Waals surface area contributed by atoms with Crippen molar-refractivity contribution in [1.82, 2.24) is 0 Å². The first-order valence-electron chi connectivity index (χ1n) is 7.48. The topological polar surface area (TPSA) is 30.8 Å². The van der Waals surface area contributed by atoms with Gasteiger partial charge >= 0.3 is 0 Å². The van der Waals surface area contributed by atoms with Gasteiger partial charge in [-0.1, -0.05) is 0 Å². The van der Waals surface area contributed by atoms with E-state index in [2.05, 4.69) is 11.6 Å². The Morgan fingerprint density at radius 3 is 2.20 bits per heavy atom. The van der Waals surface area contributed by atoms with Gasteiger partial charge in [0.05, 0.1) is 0 Å². The third-order valence-corrected chi connectivity index (χ3v) is 3.71. The molecule has 0 radical (unpaired) electrons. The van der Waals surface area contributed by atoms with Crippen molar-refractivity contribution in [2.75, 3.05) is 0 Å². The average Bonchev–Trinajstić information content (AvgIpc) is 2.48. The molecule has 132 valence electrons. The lowest BCUT2D eigenvalue weighted by molar-refractivity contribution is 0.420. The first-order chi connectivity index (χ1) is 11.6. The first kappa shape index (κ1) is 18.8. The summed E-state index contributed by atoms with van der Waals surface area (Å²) in [7, 11) is -1.86. The summed E-state index contributed by atoms with van der Waals surface area (Å²) in [5.74, 6) is -1.91. The van der Waals surface area contributed by atoms with Crippen molar-refractivity contribution < 1.29 is 22.3 Å². The van der Waals surface area contributed by atoms with E-state index in [1.54, 1.807) is 0 Å². The summed E-state index contributed by atoms with van der Waals surface area (Å²) in [6.45, 7) is 9.62. The summed E-state index contributed by atoms with van der Waals surface area (Å²) in [4.78, 5) is 4.05. The number of hydrogen-bond acceptors (Lipinski definition) is 3. The van der Waals surface area contributed by atoms with Gasteiger partial charge in [-0.05, 0) is 56.6 Å². The summed E-state index contributed by atoms with van der Waals surface area (Å²) in [6, 6.07) is 6.61. The summed E-state index contributed by atoms with van der Waals surface area (Å²) < 4.78 is 51.3. The van der Waals surface area contributed by atoms with Crippen LogP contribution in [0.4, 0.5) is 13.2 Å². The zero-order valence-corrected chi connectivity index (χ0v) is 15.1. The lowest BCUT2D eigenvalue weighted by atomic mass is 10.2. The lowest BCUT2D eigenvalue weighted by Crippen LogP contribution is -2.24. The Morgan fingerprint density at radius 1 is 1.00 bits per heavy atom. The Balaban J connectivity index is 2.26. The molecule has 0 bridgehead atoms. The molecule has 0 unspecified atom stereocenters. The standard InChI is InChI=1S/C18H18F3NO2Si/c1-12(24-25(2,3)4)22-11-13-9-14(19)5-7-17(13)23-18-8-6-15(20)10-16(18)21/h5-11H,1H2,2-4H3/b22-11+. The number of benzene rings is 2. The van der Waals surface area contributed by atoms with Crippen LogP contribution in [0.25, 0.3) is 0 Å². The molecule has 0 amide bonds. The SMILES string of the molecule is C=C(/N=C/c1cc(F)ccc1Oc1ccc(F)cc1F)O[Si](C)(C)C. The molecule has 0 saturated carbocycles. The van der Waals surface area contributed by atoms with Crippen LogP contribution in [0.3, 0.4) is 0 Å². The number of aliphatic imine (C=N–C) groups is 1. The predicted octanol–water partition coefficient (Wildman–Crippen LogP) is 5.64. The van der Waals surface area contributed by atoms with Gasteiger partial charge in [-0.3, -0.25) is 0 Å². The van der Waals surface area contributed by atoms with Gasteiger partial charge in [0.15, 0.2) is 17.4 Å². The molecule has 0 aliphatic carbocycles. The zero-order valence-electron chi connectivity index (χ0n) is 14.1. The average molecular weight is 365 g/mol. The summed E-state index contributed by atoms with van der Waals surface area (Å²) >= 11 is 0. The quantitative estimate of drug-likeness (QED) is 0.377. The van der Waals surface area contributed by atoms with E-state index < -0.39 is 25.8 Å². The van der Waals surface area contributed by atoms with E-state index in [4.69, 9.17) is 9.16 Å². The molecule has 0 heterocycles. The van der Waals surface area contributed by atoms with Gasteiger partial charge in [0, 0.05) is 17.8 Å². The zero-order chi connectivity index (χ0) is 18.6. The molecule has 0 fully saturated rings. The summed E-state index contributed by atoms with van der Waals surface area (Å²) in [5, 5.41) is 0. The maximum atomic E-state index is 13.7. The van der Waals surface area contributed by atoms with E-state index in [0.717, 1.165) is 12.1 Å². The van der Waals surface area contributed by atoms with Crippen LogP contribution in [0, 0.1) is 17.5 Å². The molecular weight excluding hydrogens is 347 g/mol. The fourth-order valence-corrected chi connectivity index (χ4v) is 2.67. The van der Waals surface area contributed by atoms with E-state index in [1.807, 2.05) is 19.6 Å². The normalized spacial score (nSPS) is 11.6. The van der Waals surface area contributed by atoms with Crippen molar-refractivity contribution in [3.8, 4) is 11.5 Å². The van der Waals surface area contributed by atoms with Crippen LogP contribution in [0.2, 0.25) is 19.6 Å². The van der Waals surface area contributed by atoms with Crippen LogP contribution in [-0.4, -0.2) is 14.5 Å². The van der Waals surface area contributed by atoms with Gasteiger partial charge in [-0.15, -0.1) is 0 Å². The van der Waals surface area contributed by atoms with Gasteiger partial charge in [0.25, 0.3) is 0 Å². The van der Waals surface area contributed by atoms with Gasteiger partial charge in [-0.25, -0.2) is 18.2 Å². The third-order valence-electron chi connectivity index (χ3n) is 2.86. The molecule has 3 nitrogen and oxygen atoms in total. The Labute approximate surface area is 145 Å². The van der Waals surface area contributed by atoms with Gasteiger partial charge < -0.3 is 9.16 Å². The molecule has 0 aliphatic rings. The van der Waals surface area contributed by atoms with Crippen molar-refractivity contribution in [3.63, 3.8) is 0 Å². The van der Waals surface area contributed by atoms with E-state index in [9.17, 15) is 13.2 Å². The largest absolute Gasteiger partial charge is 0.532 e. The minimum absolute atomic E-state index is 0.163. The lowest BCUT2D eigenvalue weighted by Gasteiger charge is -2.18. The van der Waals surface area contributed by atoms with E-state index in [0.29, 0.717) is 6.07 Å². The molecule has 0 N–H and O–H groups in total. The van der Waals surface area contributed by atoms with Crippen molar-refractivity contribution in [1.29, 1.82) is 0 Å². The Morgan fingerprint density at radius 2 is 1.60 bits per heavy atom. The second-order valence-electron chi connectivity index (χ2n) is 6.23. The molecule has 2 aromatic rings. The van der Waals surface area contributed by atoms with E-state index in [-0.39, 0.29) is 22.9 Å². The number of hydrogen-bond donors (Lipinski definition) is 0. The van der Waals surface area contributed by atoms with Crippen LogP contribution < -0.4 is 4.74 Å². The highest BCUT2D eigenvalue weighted by atomic mass is 28.4. The fraction of sp³-hybridized carbons (Fsp3) is 0.167. The van der Waals surface area contributed by atoms with Gasteiger partial charge in [0.2, 0.25) is 8.32 Å². The van der Waals surface area contributed by atoms with Crippen molar-refractivity contribution in [3.05, 3.63) is 71.9 Å². The van der Waals surface area contributed by atoms with Crippen LogP contribution >= 0.6 is 0 Å². The Bertz CT molecular complexity index is 816. The fourth-order valence-electron chi connectivity index (χ4n) is 1.91. The van der Waals surface area contributed by atoms with Crippen molar-refractivity contribution in [2.45, 2.75) is 19.6 Å². The molecule has 25 heavy (non-hydrogen) atoms. The molecule has 0 aromatic heterocycles. The van der Waals surface area contributed by atoms with Crippen LogP contribution in [0.15, 0.2) is 53.9 Å². The molecular formula is C18H18F3NO2Si. The molecule has 0 saturated heterocycles. The van der Waals surface area contributed by atoms with Crippen LogP contribution in [0.5, 0.6) is 11.5 Å². The van der Waals surface area contributed by atoms with E-state index in [1.165, 1.54) is 24.4 Å². The third kappa shape index (κ3) is 5.79. The molecule has 2 rings (SSSR count). The Hall–Kier alpha value is -2.54. The predicted molar refractivity (Wildman–Crippen MR) is 94.0 cm³/mol. The highest BCUT2D eigenvalue weighted by Crippen LogP contribution is 2.28. The minimum atomic E-state index is -1.86. The maximum absolute atomic E-state index is 13.7. The molecule has 0 atom stereocenters. The highest BCUT2D eigenvalue weighted by Gasteiger charge is 2.16. The molecule has 0 spiro atoms. The second-order valence-corrected chi connectivity index (χ2v) is 10.7. The first-order valence-corrected chi connectivity index (χ1v) is 10.9. The second kappa shape index (κ2) is 7.56.